The average molecular weight is 870 g/mol. The molecule has 1 rings (SSSR count). The number of aliphatic hydroxyl groups excluding tert-OH is 5. The SMILES string of the molecule is CCCCCCCCCCCCCCCCCCCCCCCCCCCCC(=O)NC(COC1OC(CO)C(O)C(O)C1O)C(O)CCCCCCCCCCCCCC. The normalized spacial score (nSPS) is 20.3. The van der Waals surface area contributed by atoms with E-state index in [4.69, 9.17) is 9.47 Å². The quantitative estimate of drug-likeness (QED) is 0.0331. The molecule has 1 heterocycles. The number of rotatable bonds is 46. The third-order valence-electron chi connectivity index (χ3n) is 13.2. The molecule has 0 saturated carbocycles. The molecule has 364 valence electrons. The zero-order valence-electron chi connectivity index (χ0n) is 40.2. The van der Waals surface area contributed by atoms with E-state index in [-0.39, 0.29) is 12.5 Å². The topological polar surface area (TPSA) is 149 Å². The number of hydrogen-bond acceptors (Lipinski definition) is 8. The predicted octanol–water partition coefficient (Wildman–Crippen LogP) is 12.3. The van der Waals surface area contributed by atoms with Gasteiger partial charge in [0.1, 0.15) is 24.4 Å². The van der Waals surface area contributed by atoms with Gasteiger partial charge in [-0.05, 0) is 12.8 Å². The lowest BCUT2D eigenvalue weighted by Crippen LogP contribution is -2.60. The number of carbonyl (C=O) groups is 1. The van der Waals surface area contributed by atoms with E-state index >= 15 is 0 Å². The Hall–Kier alpha value is -0.810. The standard InChI is InChI=1S/C52H103NO8/c1-3-5-7-9-11-13-15-17-18-19-20-21-22-23-24-25-26-27-28-29-30-32-34-36-38-40-42-48(56)53-45(44-60-52-51(59)50(58)49(57)47(43-54)61-52)46(55)41-39-37-35-33-31-16-14-12-10-8-6-4-2/h45-47,49-52,54-55,57-59H,3-44H2,1-2H3,(H,53,56). The first-order chi connectivity index (χ1) is 29.8. The molecule has 1 saturated heterocycles. The molecule has 1 aliphatic heterocycles. The average Bonchev–Trinajstić information content (AvgIpc) is 3.26. The molecule has 1 fully saturated rings. The minimum atomic E-state index is -1.55. The fourth-order valence-corrected chi connectivity index (χ4v) is 8.93. The van der Waals surface area contributed by atoms with Crippen LogP contribution in [0.4, 0.5) is 0 Å². The lowest BCUT2D eigenvalue weighted by Gasteiger charge is -2.40. The number of ether oxygens (including phenoxy) is 2. The maximum absolute atomic E-state index is 13.0. The molecular weight excluding hydrogens is 767 g/mol. The summed E-state index contributed by atoms with van der Waals surface area (Å²) in [7, 11) is 0. The molecule has 0 aromatic rings. The Morgan fingerprint density at radius 2 is 0.820 bits per heavy atom. The summed E-state index contributed by atoms with van der Waals surface area (Å²) in [6, 6.07) is -0.711. The van der Waals surface area contributed by atoms with Gasteiger partial charge in [-0.15, -0.1) is 0 Å². The number of carbonyl (C=O) groups excluding carboxylic acids is 1. The monoisotopic (exact) mass is 870 g/mol. The minimum absolute atomic E-state index is 0.132. The fraction of sp³-hybridized carbons (Fsp3) is 0.981. The molecule has 0 radical (unpaired) electrons. The van der Waals surface area contributed by atoms with Crippen molar-refractivity contribution in [3.63, 3.8) is 0 Å². The molecule has 0 aromatic carbocycles. The highest BCUT2D eigenvalue weighted by molar-refractivity contribution is 5.76. The van der Waals surface area contributed by atoms with Crippen LogP contribution in [0.15, 0.2) is 0 Å². The van der Waals surface area contributed by atoms with Crippen molar-refractivity contribution < 1.29 is 39.8 Å². The summed E-state index contributed by atoms with van der Waals surface area (Å²) < 4.78 is 11.3. The Morgan fingerprint density at radius 3 is 1.16 bits per heavy atom. The molecule has 7 atom stereocenters. The molecule has 1 amide bonds. The molecule has 6 N–H and O–H groups in total. The lowest BCUT2D eigenvalue weighted by molar-refractivity contribution is -0.302. The van der Waals surface area contributed by atoms with E-state index in [0.717, 1.165) is 38.5 Å². The molecule has 7 unspecified atom stereocenters. The zero-order valence-corrected chi connectivity index (χ0v) is 40.2. The van der Waals surface area contributed by atoms with E-state index in [0.29, 0.717) is 12.8 Å². The second-order valence-corrected chi connectivity index (χ2v) is 19.0. The summed E-state index contributed by atoms with van der Waals surface area (Å²) in [5, 5.41) is 54.4. The second-order valence-electron chi connectivity index (χ2n) is 19.0. The Bertz CT molecular complexity index is 924. The Morgan fingerprint density at radius 1 is 0.492 bits per heavy atom. The maximum atomic E-state index is 13.0. The van der Waals surface area contributed by atoms with Gasteiger partial charge in [0.05, 0.1) is 25.4 Å². The number of amides is 1. The van der Waals surface area contributed by atoms with E-state index in [1.807, 2.05) is 0 Å². The summed E-state index contributed by atoms with van der Waals surface area (Å²) in [5.41, 5.74) is 0. The molecular formula is C52H103NO8. The van der Waals surface area contributed by atoms with Crippen LogP contribution in [-0.2, 0) is 14.3 Å². The Labute approximate surface area is 376 Å². The maximum Gasteiger partial charge on any atom is 0.220 e. The smallest absolute Gasteiger partial charge is 0.220 e. The van der Waals surface area contributed by atoms with Crippen LogP contribution in [0, 0.1) is 0 Å². The lowest BCUT2D eigenvalue weighted by atomic mass is 9.99. The van der Waals surface area contributed by atoms with E-state index in [1.54, 1.807) is 0 Å². The summed E-state index contributed by atoms with van der Waals surface area (Å²) in [6.45, 7) is 3.86. The highest BCUT2D eigenvalue weighted by Crippen LogP contribution is 2.23. The minimum Gasteiger partial charge on any atom is -0.394 e. The Kier molecular flexibility index (Phi) is 41.1. The molecule has 9 heteroatoms. The van der Waals surface area contributed by atoms with Gasteiger partial charge < -0.3 is 40.3 Å². The molecule has 0 spiro atoms. The van der Waals surface area contributed by atoms with Gasteiger partial charge in [0.25, 0.3) is 0 Å². The van der Waals surface area contributed by atoms with Gasteiger partial charge in [-0.1, -0.05) is 251 Å². The number of aliphatic hydroxyl groups is 5. The van der Waals surface area contributed by atoms with Crippen LogP contribution in [-0.4, -0.2) is 87.5 Å². The van der Waals surface area contributed by atoms with Gasteiger partial charge >= 0.3 is 0 Å². The third-order valence-corrected chi connectivity index (χ3v) is 13.2. The van der Waals surface area contributed by atoms with Crippen LogP contribution in [0.5, 0.6) is 0 Å². The van der Waals surface area contributed by atoms with E-state index < -0.39 is 49.5 Å². The Balaban J connectivity index is 2.15. The van der Waals surface area contributed by atoms with Gasteiger partial charge in [-0.3, -0.25) is 4.79 Å². The fourth-order valence-electron chi connectivity index (χ4n) is 8.93. The van der Waals surface area contributed by atoms with Crippen LogP contribution >= 0.6 is 0 Å². The third kappa shape index (κ3) is 33.3. The molecule has 0 aromatic heterocycles. The van der Waals surface area contributed by atoms with Crippen molar-refractivity contribution in [2.24, 2.45) is 0 Å². The molecule has 61 heavy (non-hydrogen) atoms. The summed E-state index contributed by atoms with van der Waals surface area (Å²) in [4.78, 5) is 13.0. The first-order valence-electron chi connectivity index (χ1n) is 26.7. The molecule has 0 aliphatic carbocycles. The zero-order chi connectivity index (χ0) is 44.4. The highest BCUT2D eigenvalue weighted by Gasteiger charge is 2.44. The first-order valence-corrected chi connectivity index (χ1v) is 26.7. The van der Waals surface area contributed by atoms with E-state index in [2.05, 4.69) is 19.2 Å². The number of nitrogens with one attached hydrogen (secondary N) is 1. The van der Waals surface area contributed by atoms with Crippen molar-refractivity contribution in [3.05, 3.63) is 0 Å². The molecule has 0 bridgehead atoms. The van der Waals surface area contributed by atoms with Crippen molar-refractivity contribution in [2.45, 2.75) is 314 Å². The van der Waals surface area contributed by atoms with Crippen LogP contribution in [0.1, 0.15) is 271 Å². The van der Waals surface area contributed by atoms with Gasteiger partial charge in [-0.2, -0.15) is 0 Å². The number of unbranched alkanes of at least 4 members (excludes halogenated alkanes) is 36. The van der Waals surface area contributed by atoms with E-state index in [9.17, 15) is 30.3 Å². The first kappa shape index (κ1) is 58.2. The number of hydrogen-bond donors (Lipinski definition) is 6. The highest BCUT2D eigenvalue weighted by atomic mass is 16.7. The summed E-state index contributed by atoms with van der Waals surface area (Å²) >= 11 is 0. The van der Waals surface area contributed by atoms with Crippen molar-refractivity contribution >= 4 is 5.91 Å². The van der Waals surface area contributed by atoms with Crippen LogP contribution in [0.25, 0.3) is 0 Å². The second kappa shape index (κ2) is 43.1. The summed E-state index contributed by atoms with van der Waals surface area (Å²) in [6.07, 6.45) is 42.8. The largest absolute Gasteiger partial charge is 0.394 e. The van der Waals surface area contributed by atoms with Crippen molar-refractivity contribution in [1.29, 1.82) is 0 Å². The summed E-state index contributed by atoms with van der Waals surface area (Å²) in [5.74, 6) is -0.138. The predicted molar refractivity (Wildman–Crippen MR) is 254 cm³/mol. The van der Waals surface area contributed by atoms with Crippen LogP contribution in [0.2, 0.25) is 0 Å². The van der Waals surface area contributed by atoms with Crippen molar-refractivity contribution in [1.82, 2.24) is 5.32 Å². The van der Waals surface area contributed by atoms with Gasteiger partial charge in [0, 0.05) is 6.42 Å². The van der Waals surface area contributed by atoms with Crippen molar-refractivity contribution in [2.75, 3.05) is 13.2 Å². The van der Waals surface area contributed by atoms with Crippen LogP contribution < -0.4 is 5.32 Å². The van der Waals surface area contributed by atoms with Crippen LogP contribution in [0.3, 0.4) is 0 Å². The molecule has 9 nitrogen and oxygen atoms in total. The van der Waals surface area contributed by atoms with Crippen molar-refractivity contribution in [3.8, 4) is 0 Å². The molecule has 1 aliphatic rings. The van der Waals surface area contributed by atoms with E-state index in [1.165, 1.54) is 205 Å². The van der Waals surface area contributed by atoms with Gasteiger partial charge in [0.2, 0.25) is 5.91 Å². The van der Waals surface area contributed by atoms with Gasteiger partial charge in [0.15, 0.2) is 6.29 Å². The van der Waals surface area contributed by atoms with Gasteiger partial charge in [-0.25, -0.2) is 0 Å².